The summed E-state index contributed by atoms with van der Waals surface area (Å²) in [5, 5.41) is 6.48. The average molecular weight is 345 g/mol. The largest absolute Gasteiger partial charge is 0.357 e. The van der Waals surface area contributed by atoms with Crippen LogP contribution >= 0.6 is 0 Å². The van der Waals surface area contributed by atoms with Gasteiger partial charge in [0.2, 0.25) is 0 Å². The third-order valence-corrected chi connectivity index (χ3v) is 6.61. The Morgan fingerprint density at radius 2 is 1.96 bits per heavy atom. The van der Waals surface area contributed by atoms with Crippen LogP contribution < -0.4 is 10.6 Å². The van der Waals surface area contributed by atoms with Gasteiger partial charge >= 0.3 is 0 Å². The van der Waals surface area contributed by atoms with Crippen molar-refractivity contribution < 1.29 is 8.42 Å². The Morgan fingerprint density at radius 1 is 1.22 bits per heavy atom. The third kappa shape index (κ3) is 6.30. The lowest BCUT2D eigenvalue weighted by Gasteiger charge is -2.30. The number of sulfone groups is 1. The van der Waals surface area contributed by atoms with Gasteiger partial charge in [0.1, 0.15) is 0 Å². The maximum atomic E-state index is 11.6. The highest BCUT2D eigenvalue weighted by molar-refractivity contribution is 7.91. The van der Waals surface area contributed by atoms with Crippen LogP contribution in [0.25, 0.3) is 0 Å². The fourth-order valence-corrected chi connectivity index (χ4v) is 5.12. The maximum absolute atomic E-state index is 11.6. The van der Waals surface area contributed by atoms with Crippen LogP contribution in [-0.2, 0) is 9.84 Å². The third-order valence-electron chi connectivity index (χ3n) is 4.84. The van der Waals surface area contributed by atoms with Gasteiger partial charge in [-0.1, -0.05) is 19.3 Å². The lowest BCUT2D eigenvalue weighted by Crippen LogP contribution is -2.44. The molecule has 1 aliphatic heterocycles. The minimum atomic E-state index is -2.86. The van der Waals surface area contributed by atoms with Gasteiger partial charge in [-0.3, -0.25) is 4.99 Å². The molecule has 1 aliphatic carbocycles. The molecule has 23 heavy (non-hydrogen) atoms. The van der Waals surface area contributed by atoms with E-state index in [1.54, 1.807) is 0 Å². The second-order valence-electron chi connectivity index (χ2n) is 6.78. The summed E-state index contributed by atoms with van der Waals surface area (Å²) >= 11 is 0. The Labute approximate surface area is 141 Å². The van der Waals surface area contributed by atoms with Crippen molar-refractivity contribution in [2.75, 3.05) is 38.2 Å². The Bertz CT molecular complexity index is 486. The topological polar surface area (TPSA) is 73.8 Å². The standard InChI is InChI=1S/C16H32N4O2S/c1-3-17-16(19-14-9-12-23(21,22)13-14)18-10-11-20(2)15-7-5-4-6-8-15/h14-15H,3-13H2,1-2H3,(H2,17,18,19). The van der Waals surface area contributed by atoms with Crippen molar-refractivity contribution in [1.82, 2.24) is 15.5 Å². The quantitative estimate of drug-likeness (QED) is 0.555. The molecule has 134 valence electrons. The van der Waals surface area contributed by atoms with Crippen molar-refractivity contribution in [3.63, 3.8) is 0 Å². The van der Waals surface area contributed by atoms with E-state index in [0.29, 0.717) is 12.5 Å². The number of nitrogens with zero attached hydrogens (tertiary/aromatic N) is 2. The molecule has 0 aromatic heterocycles. The molecule has 2 aliphatic rings. The predicted molar refractivity (Wildman–Crippen MR) is 95.7 cm³/mol. The first-order valence-electron chi connectivity index (χ1n) is 8.95. The van der Waals surface area contributed by atoms with Gasteiger partial charge in [-0.05, 0) is 33.2 Å². The van der Waals surface area contributed by atoms with Crippen molar-refractivity contribution in [2.45, 2.75) is 57.5 Å². The van der Waals surface area contributed by atoms with E-state index < -0.39 is 9.84 Å². The summed E-state index contributed by atoms with van der Waals surface area (Å²) < 4.78 is 23.1. The zero-order valence-electron chi connectivity index (χ0n) is 14.6. The lowest BCUT2D eigenvalue weighted by atomic mass is 9.94. The highest BCUT2D eigenvalue weighted by Crippen LogP contribution is 2.21. The van der Waals surface area contributed by atoms with Crippen LogP contribution in [0.15, 0.2) is 4.99 Å². The first-order chi connectivity index (χ1) is 11.0. The summed E-state index contributed by atoms with van der Waals surface area (Å²) in [6.07, 6.45) is 7.35. The zero-order chi connectivity index (χ0) is 16.7. The van der Waals surface area contributed by atoms with Crippen molar-refractivity contribution >= 4 is 15.8 Å². The summed E-state index contributed by atoms with van der Waals surface area (Å²) in [6.45, 7) is 4.49. The number of aliphatic imine (C=N–C) groups is 1. The normalized spacial score (nSPS) is 25.7. The molecule has 1 heterocycles. The molecule has 1 saturated heterocycles. The number of rotatable bonds is 6. The van der Waals surface area contributed by atoms with Gasteiger partial charge < -0.3 is 15.5 Å². The number of hydrogen-bond acceptors (Lipinski definition) is 4. The summed E-state index contributed by atoms with van der Waals surface area (Å²) in [5.74, 6) is 1.25. The van der Waals surface area contributed by atoms with Crippen LogP contribution in [0.4, 0.5) is 0 Å². The van der Waals surface area contributed by atoms with Crippen LogP contribution in [-0.4, -0.2) is 69.5 Å². The van der Waals surface area contributed by atoms with E-state index in [0.717, 1.165) is 25.6 Å². The number of hydrogen-bond donors (Lipinski definition) is 2. The molecule has 0 spiro atoms. The monoisotopic (exact) mass is 344 g/mol. The summed E-state index contributed by atoms with van der Waals surface area (Å²) in [7, 11) is -0.668. The first kappa shape index (κ1) is 18.5. The van der Waals surface area contributed by atoms with E-state index in [1.165, 1.54) is 32.1 Å². The molecule has 2 N–H and O–H groups in total. The second kappa shape index (κ2) is 8.87. The lowest BCUT2D eigenvalue weighted by molar-refractivity contribution is 0.196. The minimum absolute atomic E-state index is 0.00567. The van der Waals surface area contributed by atoms with Crippen LogP contribution in [0.2, 0.25) is 0 Å². The van der Waals surface area contributed by atoms with Crippen molar-refractivity contribution in [2.24, 2.45) is 4.99 Å². The fourth-order valence-electron chi connectivity index (χ4n) is 3.45. The number of nitrogens with one attached hydrogen (secondary N) is 2. The summed E-state index contributed by atoms with van der Waals surface area (Å²) in [5.41, 5.74) is 0. The molecule has 0 aromatic carbocycles. The van der Waals surface area contributed by atoms with Gasteiger partial charge in [0.15, 0.2) is 15.8 Å². The fraction of sp³-hybridized carbons (Fsp3) is 0.938. The molecule has 6 nitrogen and oxygen atoms in total. The Kier molecular flexibility index (Phi) is 7.14. The maximum Gasteiger partial charge on any atom is 0.191 e. The van der Waals surface area contributed by atoms with Crippen LogP contribution in [0, 0.1) is 0 Å². The molecule has 1 unspecified atom stereocenters. The highest BCUT2D eigenvalue weighted by Gasteiger charge is 2.28. The molecule has 0 bridgehead atoms. The molecule has 0 radical (unpaired) electrons. The number of guanidine groups is 1. The van der Waals surface area contributed by atoms with Gasteiger partial charge in [0, 0.05) is 25.2 Å². The summed E-state index contributed by atoms with van der Waals surface area (Å²) in [6, 6.07) is 0.698. The van der Waals surface area contributed by atoms with Gasteiger partial charge in [0.05, 0.1) is 18.1 Å². The molecular formula is C16H32N4O2S. The van der Waals surface area contributed by atoms with Crippen LogP contribution in [0.1, 0.15) is 45.4 Å². The molecule has 1 atom stereocenters. The molecule has 7 heteroatoms. The first-order valence-corrected chi connectivity index (χ1v) is 10.8. The van der Waals surface area contributed by atoms with E-state index in [4.69, 9.17) is 0 Å². The molecule has 2 rings (SSSR count). The molecular weight excluding hydrogens is 312 g/mol. The summed E-state index contributed by atoms with van der Waals surface area (Å²) in [4.78, 5) is 7.04. The average Bonchev–Trinajstić information content (AvgIpc) is 2.87. The molecule has 0 amide bonds. The molecule has 1 saturated carbocycles. The van der Waals surface area contributed by atoms with Crippen LogP contribution in [0.5, 0.6) is 0 Å². The predicted octanol–water partition coefficient (Wildman–Crippen LogP) is 0.993. The van der Waals surface area contributed by atoms with E-state index in [-0.39, 0.29) is 17.5 Å². The highest BCUT2D eigenvalue weighted by atomic mass is 32.2. The Morgan fingerprint density at radius 3 is 2.57 bits per heavy atom. The SMILES string of the molecule is CCNC(=NCCN(C)C1CCCCC1)NC1CCS(=O)(=O)C1. The van der Waals surface area contributed by atoms with Gasteiger partial charge in [-0.25, -0.2) is 8.42 Å². The van der Waals surface area contributed by atoms with E-state index in [2.05, 4.69) is 27.6 Å². The number of likely N-dealkylation sites (N-methyl/N-ethyl adjacent to an activating group) is 1. The molecule has 2 fully saturated rings. The van der Waals surface area contributed by atoms with E-state index in [1.807, 2.05) is 6.92 Å². The Hall–Kier alpha value is -0.820. The van der Waals surface area contributed by atoms with E-state index in [9.17, 15) is 8.42 Å². The Balaban J connectivity index is 1.78. The van der Waals surface area contributed by atoms with Gasteiger partial charge in [-0.15, -0.1) is 0 Å². The van der Waals surface area contributed by atoms with Crippen LogP contribution in [0.3, 0.4) is 0 Å². The minimum Gasteiger partial charge on any atom is -0.357 e. The van der Waals surface area contributed by atoms with Crippen molar-refractivity contribution in [3.05, 3.63) is 0 Å². The van der Waals surface area contributed by atoms with Gasteiger partial charge in [-0.2, -0.15) is 0 Å². The molecule has 0 aromatic rings. The zero-order valence-corrected chi connectivity index (χ0v) is 15.4. The van der Waals surface area contributed by atoms with Crippen molar-refractivity contribution in [1.29, 1.82) is 0 Å². The second-order valence-corrected chi connectivity index (χ2v) is 9.01. The van der Waals surface area contributed by atoms with E-state index >= 15 is 0 Å². The van der Waals surface area contributed by atoms with Gasteiger partial charge in [0.25, 0.3) is 0 Å². The van der Waals surface area contributed by atoms with Crippen molar-refractivity contribution in [3.8, 4) is 0 Å². The smallest absolute Gasteiger partial charge is 0.191 e.